The van der Waals surface area contributed by atoms with Crippen LogP contribution in [0.1, 0.15) is 45.2 Å². The molecule has 4 rings (SSSR count). The summed E-state index contributed by atoms with van der Waals surface area (Å²) in [5.41, 5.74) is 3.25. The monoisotopic (exact) mass is 388 g/mol. The fraction of sp³-hybridized carbons (Fsp3) is 0.174. The summed E-state index contributed by atoms with van der Waals surface area (Å²) in [4.78, 5) is 28.6. The van der Waals surface area contributed by atoms with E-state index in [-0.39, 0.29) is 17.4 Å². The number of hydrogen-bond acceptors (Lipinski definition) is 4. The van der Waals surface area contributed by atoms with Gasteiger partial charge in [-0.1, -0.05) is 36.4 Å². The predicted octanol–water partition coefficient (Wildman–Crippen LogP) is 4.55. The number of benzene rings is 2. The molecule has 1 aromatic heterocycles. The van der Waals surface area contributed by atoms with Gasteiger partial charge in [-0.05, 0) is 42.2 Å². The molecule has 146 valence electrons. The first kappa shape index (κ1) is 18.8. The summed E-state index contributed by atoms with van der Waals surface area (Å²) < 4.78 is 5.68. The zero-order valence-electron chi connectivity index (χ0n) is 15.7. The van der Waals surface area contributed by atoms with Gasteiger partial charge in [0.05, 0.1) is 22.9 Å². The van der Waals surface area contributed by atoms with Gasteiger partial charge in [0.2, 0.25) is 0 Å². The van der Waals surface area contributed by atoms with Crippen molar-refractivity contribution in [2.45, 2.75) is 18.9 Å². The third-order valence-corrected chi connectivity index (χ3v) is 4.93. The number of aromatic carboxylic acids is 1. The molecular formula is C23H20N2O4. The Labute approximate surface area is 168 Å². The van der Waals surface area contributed by atoms with Gasteiger partial charge in [-0.25, -0.2) is 4.79 Å². The molecule has 1 fully saturated rings. The van der Waals surface area contributed by atoms with Crippen LogP contribution < -0.4 is 5.32 Å². The first-order valence-corrected chi connectivity index (χ1v) is 9.42. The lowest BCUT2D eigenvalue weighted by Gasteiger charge is -2.14. The number of nitrogens with zero attached hydrogens (tertiary/aromatic N) is 1. The summed E-state index contributed by atoms with van der Waals surface area (Å²) in [6.45, 7) is 0.686. The van der Waals surface area contributed by atoms with E-state index in [0.29, 0.717) is 12.2 Å². The standard InChI is InChI=1S/C23H20N2O4/c26-22(18-11-17(13-24-14-18)15-5-2-1-3-6-15)25-20-12-16(21-7-4-10-29-21)8-9-19(20)23(27)28/h1-3,5-6,8-9,11-14,21H,4,7,10H2,(H,25,26)(H,27,28). The molecule has 0 radical (unpaired) electrons. The van der Waals surface area contributed by atoms with Crippen LogP contribution in [-0.2, 0) is 4.74 Å². The van der Waals surface area contributed by atoms with Crippen LogP contribution in [0.4, 0.5) is 5.69 Å². The van der Waals surface area contributed by atoms with Gasteiger partial charge >= 0.3 is 5.97 Å². The van der Waals surface area contributed by atoms with Crippen LogP contribution >= 0.6 is 0 Å². The molecule has 1 unspecified atom stereocenters. The lowest BCUT2D eigenvalue weighted by Crippen LogP contribution is -2.16. The Morgan fingerprint density at radius 2 is 1.86 bits per heavy atom. The van der Waals surface area contributed by atoms with Crippen LogP contribution in [0.25, 0.3) is 11.1 Å². The van der Waals surface area contributed by atoms with E-state index in [9.17, 15) is 14.7 Å². The van der Waals surface area contributed by atoms with Crippen LogP contribution in [0.15, 0.2) is 67.0 Å². The molecule has 0 aliphatic carbocycles. The van der Waals surface area contributed by atoms with Gasteiger partial charge in [-0.2, -0.15) is 0 Å². The minimum atomic E-state index is -1.10. The van der Waals surface area contributed by atoms with E-state index in [1.807, 2.05) is 30.3 Å². The number of rotatable bonds is 5. The second-order valence-electron chi connectivity index (χ2n) is 6.89. The largest absolute Gasteiger partial charge is 0.478 e. The van der Waals surface area contributed by atoms with Gasteiger partial charge < -0.3 is 15.2 Å². The van der Waals surface area contributed by atoms with Crippen LogP contribution in [0.3, 0.4) is 0 Å². The number of nitrogens with one attached hydrogen (secondary N) is 1. The Morgan fingerprint density at radius 1 is 1.03 bits per heavy atom. The topological polar surface area (TPSA) is 88.5 Å². The molecule has 2 aromatic carbocycles. The van der Waals surface area contributed by atoms with Crippen molar-refractivity contribution in [3.8, 4) is 11.1 Å². The zero-order chi connectivity index (χ0) is 20.2. The second kappa shape index (κ2) is 8.24. The Morgan fingerprint density at radius 3 is 2.59 bits per heavy atom. The molecule has 0 spiro atoms. The minimum Gasteiger partial charge on any atom is -0.478 e. The average molecular weight is 388 g/mol. The van der Waals surface area contributed by atoms with E-state index in [0.717, 1.165) is 29.5 Å². The summed E-state index contributed by atoms with van der Waals surface area (Å²) in [6.07, 6.45) is 4.92. The van der Waals surface area contributed by atoms with Gasteiger partial charge in [-0.3, -0.25) is 9.78 Å². The average Bonchev–Trinajstić information content (AvgIpc) is 3.29. The summed E-state index contributed by atoms with van der Waals surface area (Å²) in [5, 5.41) is 12.2. The number of amides is 1. The fourth-order valence-corrected chi connectivity index (χ4v) is 3.44. The van der Waals surface area contributed by atoms with Crippen molar-refractivity contribution in [3.63, 3.8) is 0 Å². The fourth-order valence-electron chi connectivity index (χ4n) is 3.44. The van der Waals surface area contributed by atoms with Gasteiger partial charge in [0.15, 0.2) is 0 Å². The summed E-state index contributed by atoms with van der Waals surface area (Å²) in [7, 11) is 0. The number of hydrogen-bond donors (Lipinski definition) is 2. The van der Waals surface area contributed by atoms with E-state index in [4.69, 9.17) is 4.74 Å². The van der Waals surface area contributed by atoms with Gasteiger partial charge in [0.25, 0.3) is 5.91 Å². The van der Waals surface area contributed by atoms with Crippen LogP contribution in [0, 0.1) is 0 Å². The lowest BCUT2D eigenvalue weighted by molar-refractivity contribution is 0.0697. The summed E-state index contributed by atoms with van der Waals surface area (Å²) in [6, 6.07) is 16.3. The molecule has 0 bridgehead atoms. The maximum atomic E-state index is 12.8. The Hall–Kier alpha value is -3.51. The molecule has 1 atom stereocenters. The van der Waals surface area contributed by atoms with Gasteiger partial charge in [0, 0.05) is 24.6 Å². The number of anilines is 1. The van der Waals surface area contributed by atoms with Crippen LogP contribution in [-0.4, -0.2) is 28.6 Å². The number of carboxylic acids is 1. The molecule has 29 heavy (non-hydrogen) atoms. The smallest absolute Gasteiger partial charge is 0.337 e. The molecule has 3 aromatic rings. The maximum absolute atomic E-state index is 12.8. The van der Waals surface area contributed by atoms with Crippen molar-refractivity contribution in [2.75, 3.05) is 11.9 Å². The van der Waals surface area contributed by atoms with Crippen molar-refractivity contribution in [1.82, 2.24) is 4.98 Å². The predicted molar refractivity (Wildman–Crippen MR) is 109 cm³/mol. The number of aromatic nitrogens is 1. The molecule has 6 heteroatoms. The number of carbonyl (C=O) groups excluding carboxylic acids is 1. The van der Waals surface area contributed by atoms with Crippen LogP contribution in [0.2, 0.25) is 0 Å². The number of carboxylic acid groups (broad SMARTS) is 1. The maximum Gasteiger partial charge on any atom is 0.337 e. The quantitative estimate of drug-likeness (QED) is 0.669. The first-order valence-electron chi connectivity index (χ1n) is 9.42. The number of pyridine rings is 1. The van der Waals surface area contributed by atoms with Crippen molar-refractivity contribution >= 4 is 17.6 Å². The second-order valence-corrected chi connectivity index (χ2v) is 6.89. The molecule has 0 saturated carbocycles. The molecule has 1 aliphatic rings. The Kier molecular flexibility index (Phi) is 5.35. The van der Waals surface area contributed by atoms with E-state index < -0.39 is 11.9 Å². The van der Waals surface area contributed by atoms with Crippen LogP contribution in [0.5, 0.6) is 0 Å². The highest BCUT2D eigenvalue weighted by Gasteiger charge is 2.21. The Balaban J connectivity index is 1.62. The van der Waals surface area contributed by atoms with E-state index in [1.165, 1.54) is 12.3 Å². The third kappa shape index (κ3) is 4.17. The first-order chi connectivity index (χ1) is 14.1. The van der Waals surface area contributed by atoms with Crippen molar-refractivity contribution < 1.29 is 19.4 Å². The van der Waals surface area contributed by atoms with Gasteiger partial charge in [0.1, 0.15) is 0 Å². The van der Waals surface area contributed by atoms with E-state index in [2.05, 4.69) is 10.3 Å². The van der Waals surface area contributed by atoms with Crippen molar-refractivity contribution in [1.29, 1.82) is 0 Å². The normalized spacial score (nSPS) is 15.8. The minimum absolute atomic E-state index is 0.0345. The molecule has 1 saturated heterocycles. The highest BCUT2D eigenvalue weighted by Crippen LogP contribution is 2.31. The summed E-state index contributed by atoms with van der Waals surface area (Å²) >= 11 is 0. The third-order valence-electron chi connectivity index (χ3n) is 4.93. The lowest BCUT2D eigenvalue weighted by atomic mass is 10.0. The highest BCUT2D eigenvalue weighted by molar-refractivity contribution is 6.08. The molecule has 1 amide bonds. The number of carbonyl (C=O) groups is 2. The van der Waals surface area contributed by atoms with Crippen molar-refractivity contribution in [3.05, 3.63) is 83.7 Å². The zero-order valence-corrected chi connectivity index (χ0v) is 15.7. The molecule has 1 aliphatic heterocycles. The molecule has 2 N–H and O–H groups in total. The van der Waals surface area contributed by atoms with E-state index >= 15 is 0 Å². The molecular weight excluding hydrogens is 368 g/mol. The highest BCUT2D eigenvalue weighted by atomic mass is 16.5. The summed E-state index contributed by atoms with van der Waals surface area (Å²) in [5.74, 6) is -1.52. The van der Waals surface area contributed by atoms with E-state index in [1.54, 1.807) is 24.4 Å². The Bertz CT molecular complexity index is 1040. The molecule has 2 heterocycles. The SMILES string of the molecule is O=C(Nc1cc(C2CCCO2)ccc1C(=O)O)c1cncc(-c2ccccc2)c1. The van der Waals surface area contributed by atoms with Gasteiger partial charge in [-0.15, -0.1) is 0 Å². The van der Waals surface area contributed by atoms with Crippen molar-refractivity contribution in [2.24, 2.45) is 0 Å². The molecule has 6 nitrogen and oxygen atoms in total. The number of ether oxygens (including phenoxy) is 1.